The Morgan fingerprint density at radius 2 is 2.00 bits per heavy atom. The number of imidazole rings is 1. The number of nitrogens with one attached hydrogen (secondary N) is 2. The first kappa shape index (κ1) is 20.9. The Kier molecular flexibility index (Phi) is 6.78. The summed E-state index contributed by atoms with van der Waals surface area (Å²) in [6, 6.07) is 13.0. The van der Waals surface area contributed by atoms with Crippen molar-refractivity contribution in [2.75, 3.05) is 13.1 Å². The van der Waals surface area contributed by atoms with Crippen LogP contribution in [0.1, 0.15) is 40.7 Å². The van der Waals surface area contributed by atoms with Crippen LogP contribution in [0.25, 0.3) is 0 Å². The van der Waals surface area contributed by atoms with E-state index in [1.54, 1.807) is 0 Å². The van der Waals surface area contributed by atoms with Gasteiger partial charge in [0.05, 0.1) is 29.1 Å². The fourth-order valence-electron chi connectivity index (χ4n) is 4.19. The van der Waals surface area contributed by atoms with Crippen molar-refractivity contribution in [2.24, 2.45) is 0 Å². The van der Waals surface area contributed by atoms with Crippen molar-refractivity contribution in [1.29, 1.82) is 0 Å². The quantitative estimate of drug-likeness (QED) is 0.683. The SMILES string of the molecule is Cl.Cl.c1ccc(C2CN(Cc3cc4n(n3)CCCNC4)Cc3[nH]cnc32)cc1. The van der Waals surface area contributed by atoms with Crippen LogP contribution in [-0.2, 0) is 26.2 Å². The molecule has 4 heterocycles. The highest BCUT2D eigenvalue weighted by Crippen LogP contribution is 2.32. The van der Waals surface area contributed by atoms with E-state index in [9.17, 15) is 0 Å². The zero-order chi connectivity index (χ0) is 17.3. The van der Waals surface area contributed by atoms with Crippen molar-refractivity contribution in [3.8, 4) is 0 Å². The van der Waals surface area contributed by atoms with Crippen LogP contribution in [-0.4, -0.2) is 37.7 Å². The molecule has 0 amide bonds. The Morgan fingerprint density at radius 1 is 1.14 bits per heavy atom. The molecule has 3 aromatic rings. The smallest absolute Gasteiger partial charge is 0.0925 e. The Hall–Kier alpha value is -1.86. The monoisotopic (exact) mass is 420 g/mol. The van der Waals surface area contributed by atoms with Gasteiger partial charge in [-0.3, -0.25) is 9.58 Å². The van der Waals surface area contributed by atoms with Crippen LogP contribution in [0.4, 0.5) is 0 Å². The molecule has 2 aliphatic rings. The van der Waals surface area contributed by atoms with Crippen molar-refractivity contribution >= 4 is 24.8 Å². The van der Waals surface area contributed by atoms with Gasteiger partial charge in [0.1, 0.15) is 0 Å². The van der Waals surface area contributed by atoms with Gasteiger partial charge in [0.15, 0.2) is 0 Å². The summed E-state index contributed by atoms with van der Waals surface area (Å²) in [5, 5.41) is 8.33. The number of rotatable bonds is 3. The van der Waals surface area contributed by atoms with Gasteiger partial charge < -0.3 is 10.3 Å². The molecule has 1 atom stereocenters. The van der Waals surface area contributed by atoms with Crippen LogP contribution in [0.3, 0.4) is 0 Å². The maximum atomic E-state index is 4.86. The minimum atomic E-state index is 0. The Morgan fingerprint density at radius 3 is 2.86 bits per heavy atom. The molecule has 0 aliphatic carbocycles. The molecule has 1 aromatic carbocycles. The van der Waals surface area contributed by atoms with Gasteiger partial charge in [0.25, 0.3) is 0 Å². The predicted molar refractivity (Wildman–Crippen MR) is 114 cm³/mol. The van der Waals surface area contributed by atoms with E-state index in [0.717, 1.165) is 45.7 Å². The lowest BCUT2D eigenvalue weighted by Crippen LogP contribution is -2.34. The maximum Gasteiger partial charge on any atom is 0.0925 e. The number of hydrogen-bond acceptors (Lipinski definition) is 4. The summed E-state index contributed by atoms with van der Waals surface area (Å²) in [6.07, 6.45) is 2.97. The molecule has 2 aromatic heterocycles. The molecule has 28 heavy (non-hydrogen) atoms. The number of aromatic nitrogens is 4. The number of halogens is 2. The van der Waals surface area contributed by atoms with Crippen molar-refractivity contribution in [1.82, 2.24) is 30.0 Å². The number of aryl methyl sites for hydroxylation is 1. The molecule has 1 unspecified atom stereocenters. The number of fused-ring (bicyclic) bond motifs is 2. The van der Waals surface area contributed by atoms with Gasteiger partial charge >= 0.3 is 0 Å². The van der Waals surface area contributed by atoms with Gasteiger partial charge in [-0.1, -0.05) is 30.3 Å². The van der Waals surface area contributed by atoms with E-state index >= 15 is 0 Å². The molecule has 0 spiro atoms. The maximum absolute atomic E-state index is 4.86. The summed E-state index contributed by atoms with van der Waals surface area (Å²) in [5.41, 5.74) is 6.22. The largest absolute Gasteiger partial charge is 0.347 e. The Bertz CT molecular complexity index is 868. The minimum absolute atomic E-state index is 0. The first-order valence-corrected chi connectivity index (χ1v) is 9.42. The summed E-state index contributed by atoms with van der Waals surface area (Å²) in [6.45, 7) is 5.76. The highest BCUT2D eigenvalue weighted by atomic mass is 35.5. The summed E-state index contributed by atoms with van der Waals surface area (Å²) in [4.78, 5) is 10.4. The van der Waals surface area contributed by atoms with E-state index in [-0.39, 0.29) is 24.8 Å². The van der Waals surface area contributed by atoms with E-state index in [2.05, 4.69) is 61.3 Å². The number of benzene rings is 1. The second kappa shape index (κ2) is 9.09. The van der Waals surface area contributed by atoms with Gasteiger partial charge in [0, 0.05) is 38.6 Å². The standard InChI is InChI=1S/C20H24N6.2ClH/c1-2-5-15(6-3-1)18-12-25(13-19-20(18)23-14-22-19)11-16-9-17-10-21-7-4-8-26(17)24-16;;/h1-3,5-6,9,14,18,21H,4,7-8,10-13H2,(H,22,23);2*1H. The number of H-pyrrole nitrogens is 1. The molecule has 8 heteroatoms. The average molecular weight is 421 g/mol. The zero-order valence-corrected chi connectivity index (χ0v) is 17.3. The molecule has 0 saturated heterocycles. The molecule has 6 nitrogen and oxygen atoms in total. The first-order valence-electron chi connectivity index (χ1n) is 9.42. The van der Waals surface area contributed by atoms with E-state index in [0.29, 0.717) is 5.92 Å². The molecule has 5 rings (SSSR count). The van der Waals surface area contributed by atoms with Crippen LogP contribution in [0.5, 0.6) is 0 Å². The summed E-state index contributed by atoms with van der Waals surface area (Å²) in [5.74, 6) is 0.313. The highest BCUT2D eigenvalue weighted by molar-refractivity contribution is 5.85. The zero-order valence-electron chi connectivity index (χ0n) is 15.7. The van der Waals surface area contributed by atoms with Crippen LogP contribution in [0.15, 0.2) is 42.7 Å². The van der Waals surface area contributed by atoms with Gasteiger partial charge in [0.2, 0.25) is 0 Å². The molecule has 0 fully saturated rings. The predicted octanol–water partition coefficient (Wildman–Crippen LogP) is 3.09. The molecule has 0 saturated carbocycles. The molecular weight excluding hydrogens is 395 g/mol. The fourth-order valence-corrected chi connectivity index (χ4v) is 4.19. The van der Waals surface area contributed by atoms with E-state index < -0.39 is 0 Å². The second-order valence-corrected chi connectivity index (χ2v) is 7.28. The Balaban J connectivity index is 0.00000112. The van der Waals surface area contributed by atoms with Gasteiger partial charge in [-0.15, -0.1) is 24.8 Å². The number of aromatic amines is 1. The van der Waals surface area contributed by atoms with Gasteiger partial charge in [-0.25, -0.2) is 4.98 Å². The minimum Gasteiger partial charge on any atom is -0.347 e. The van der Waals surface area contributed by atoms with Crippen molar-refractivity contribution in [3.05, 3.63) is 71.1 Å². The van der Waals surface area contributed by atoms with Crippen LogP contribution < -0.4 is 5.32 Å². The third kappa shape index (κ3) is 4.10. The third-order valence-corrected chi connectivity index (χ3v) is 5.44. The van der Waals surface area contributed by atoms with Crippen LogP contribution in [0.2, 0.25) is 0 Å². The third-order valence-electron chi connectivity index (χ3n) is 5.44. The molecular formula is C20H26Cl2N6. The number of nitrogens with zero attached hydrogens (tertiary/aromatic N) is 4. The van der Waals surface area contributed by atoms with Gasteiger partial charge in [-0.05, 0) is 24.6 Å². The lowest BCUT2D eigenvalue weighted by molar-refractivity contribution is 0.224. The van der Waals surface area contributed by atoms with E-state index in [1.165, 1.54) is 28.3 Å². The van der Waals surface area contributed by atoms with Crippen molar-refractivity contribution in [3.63, 3.8) is 0 Å². The number of hydrogen-bond donors (Lipinski definition) is 2. The Labute approximate surface area is 177 Å². The first-order chi connectivity index (χ1) is 12.9. The van der Waals surface area contributed by atoms with Crippen LogP contribution in [0, 0.1) is 0 Å². The molecule has 2 aliphatic heterocycles. The summed E-state index contributed by atoms with van der Waals surface area (Å²) >= 11 is 0. The van der Waals surface area contributed by atoms with Crippen LogP contribution >= 0.6 is 24.8 Å². The fraction of sp³-hybridized carbons (Fsp3) is 0.400. The summed E-state index contributed by atoms with van der Waals surface area (Å²) in [7, 11) is 0. The lowest BCUT2D eigenvalue weighted by Gasteiger charge is -2.31. The normalized spacial score (nSPS) is 18.9. The van der Waals surface area contributed by atoms with Crippen molar-refractivity contribution in [2.45, 2.75) is 38.5 Å². The molecule has 150 valence electrons. The van der Waals surface area contributed by atoms with Gasteiger partial charge in [-0.2, -0.15) is 5.10 Å². The molecule has 0 bridgehead atoms. The molecule has 0 radical (unpaired) electrons. The average Bonchev–Trinajstić information content (AvgIpc) is 3.23. The second-order valence-electron chi connectivity index (χ2n) is 7.28. The van der Waals surface area contributed by atoms with Crippen molar-refractivity contribution < 1.29 is 0 Å². The molecule has 2 N–H and O–H groups in total. The van der Waals surface area contributed by atoms with E-state index in [1.807, 2.05) is 6.33 Å². The summed E-state index contributed by atoms with van der Waals surface area (Å²) < 4.78 is 2.18. The highest BCUT2D eigenvalue weighted by Gasteiger charge is 2.29. The van der Waals surface area contributed by atoms with E-state index in [4.69, 9.17) is 5.10 Å². The lowest BCUT2D eigenvalue weighted by atomic mass is 9.91. The topological polar surface area (TPSA) is 61.8 Å².